The third kappa shape index (κ3) is 5.50. The Morgan fingerprint density at radius 1 is 1.39 bits per heavy atom. The van der Waals surface area contributed by atoms with Crippen molar-refractivity contribution in [1.82, 2.24) is 4.90 Å². The lowest BCUT2D eigenvalue weighted by atomic mass is 10.2. The molecule has 0 fully saturated rings. The van der Waals surface area contributed by atoms with Gasteiger partial charge in [-0.1, -0.05) is 30.3 Å². The van der Waals surface area contributed by atoms with Gasteiger partial charge in [-0.2, -0.15) is 0 Å². The molecule has 4 heteroatoms. The number of ether oxygens (including phenoxy) is 1. The number of likely N-dealkylation sites (N-methyl/N-ethyl adjacent to an activating group) is 1. The maximum absolute atomic E-state index is 11.2. The van der Waals surface area contributed by atoms with Gasteiger partial charge in [0.25, 0.3) is 0 Å². The van der Waals surface area contributed by atoms with E-state index in [0.717, 1.165) is 6.54 Å². The van der Waals surface area contributed by atoms with E-state index in [1.807, 2.05) is 30.1 Å². The van der Waals surface area contributed by atoms with Crippen molar-refractivity contribution in [2.75, 3.05) is 20.2 Å². The molecular weight excluding hydrogens is 228 g/mol. The molecule has 0 amide bonds. The molecular formula is C14H20N2O2. The van der Waals surface area contributed by atoms with Crippen molar-refractivity contribution in [3.05, 3.63) is 47.7 Å². The van der Waals surface area contributed by atoms with E-state index in [9.17, 15) is 4.79 Å². The lowest BCUT2D eigenvalue weighted by Gasteiger charge is -2.16. The summed E-state index contributed by atoms with van der Waals surface area (Å²) in [5, 5.41) is 0. The Balaban J connectivity index is 2.44. The van der Waals surface area contributed by atoms with E-state index in [1.54, 1.807) is 6.92 Å². The molecule has 18 heavy (non-hydrogen) atoms. The SMILES string of the molecule is CCOC(=O)C=C(N)CN(C)Cc1ccccc1. The fourth-order valence-corrected chi connectivity index (χ4v) is 1.64. The van der Waals surface area contributed by atoms with Gasteiger partial charge in [0, 0.05) is 24.9 Å². The zero-order chi connectivity index (χ0) is 13.4. The fraction of sp³-hybridized carbons (Fsp3) is 0.357. The predicted molar refractivity (Wildman–Crippen MR) is 71.7 cm³/mol. The smallest absolute Gasteiger partial charge is 0.332 e. The van der Waals surface area contributed by atoms with E-state index < -0.39 is 0 Å². The number of benzene rings is 1. The van der Waals surface area contributed by atoms with Crippen LogP contribution in [-0.2, 0) is 16.1 Å². The number of hydrogen-bond donors (Lipinski definition) is 1. The first kappa shape index (κ1) is 14.3. The average Bonchev–Trinajstić information content (AvgIpc) is 2.29. The molecule has 0 aliphatic rings. The van der Waals surface area contributed by atoms with Crippen LogP contribution in [0, 0.1) is 0 Å². The second kappa shape index (κ2) is 7.50. The molecule has 98 valence electrons. The zero-order valence-electron chi connectivity index (χ0n) is 10.9. The topological polar surface area (TPSA) is 55.6 Å². The lowest BCUT2D eigenvalue weighted by molar-refractivity contribution is -0.137. The van der Waals surface area contributed by atoms with E-state index in [1.165, 1.54) is 11.6 Å². The third-order valence-electron chi connectivity index (χ3n) is 2.34. The van der Waals surface area contributed by atoms with Crippen LogP contribution < -0.4 is 5.73 Å². The van der Waals surface area contributed by atoms with Crippen molar-refractivity contribution in [3.8, 4) is 0 Å². The molecule has 0 unspecified atom stereocenters. The highest BCUT2D eigenvalue weighted by atomic mass is 16.5. The molecule has 1 rings (SSSR count). The van der Waals surface area contributed by atoms with Crippen molar-refractivity contribution >= 4 is 5.97 Å². The molecule has 0 aliphatic carbocycles. The molecule has 0 heterocycles. The lowest BCUT2D eigenvalue weighted by Crippen LogP contribution is -2.24. The van der Waals surface area contributed by atoms with Crippen molar-refractivity contribution in [2.24, 2.45) is 5.73 Å². The maximum atomic E-state index is 11.2. The third-order valence-corrected chi connectivity index (χ3v) is 2.34. The summed E-state index contributed by atoms with van der Waals surface area (Å²) in [6, 6.07) is 10.1. The highest BCUT2D eigenvalue weighted by molar-refractivity contribution is 5.82. The van der Waals surface area contributed by atoms with Gasteiger partial charge in [-0.25, -0.2) is 4.79 Å². The first-order valence-electron chi connectivity index (χ1n) is 5.97. The van der Waals surface area contributed by atoms with Gasteiger partial charge in [0.1, 0.15) is 0 Å². The Morgan fingerprint density at radius 3 is 2.67 bits per heavy atom. The summed E-state index contributed by atoms with van der Waals surface area (Å²) >= 11 is 0. The van der Waals surface area contributed by atoms with Gasteiger partial charge in [0.15, 0.2) is 0 Å². The number of hydrogen-bond acceptors (Lipinski definition) is 4. The minimum atomic E-state index is -0.386. The molecule has 0 aromatic heterocycles. The monoisotopic (exact) mass is 248 g/mol. The Kier molecular flexibility index (Phi) is 5.94. The van der Waals surface area contributed by atoms with Crippen LogP contribution >= 0.6 is 0 Å². The van der Waals surface area contributed by atoms with Gasteiger partial charge in [0.05, 0.1) is 6.61 Å². The highest BCUT2D eigenvalue weighted by Gasteiger charge is 2.04. The van der Waals surface area contributed by atoms with Crippen LogP contribution in [0.4, 0.5) is 0 Å². The van der Waals surface area contributed by atoms with Crippen molar-refractivity contribution < 1.29 is 9.53 Å². The molecule has 0 radical (unpaired) electrons. The second-order valence-corrected chi connectivity index (χ2v) is 4.13. The minimum Gasteiger partial charge on any atom is -0.463 e. The summed E-state index contributed by atoms with van der Waals surface area (Å²) in [7, 11) is 1.96. The number of rotatable bonds is 6. The van der Waals surface area contributed by atoms with Gasteiger partial charge >= 0.3 is 5.97 Å². The van der Waals surface area contributed by atoms with E-state index in [-0.39, 0.29) is 5.97 Å². The summed E-state index contributed by atoms with van der Waals surface area (Å²) in [5.41, 5.74) is 7.50. The standard InChI is InChI=1S/C14H20N2O2/c1-3-18-14(17)9-13(15)11-16(2)10-12-7-5-4-6-8-12/h4-9H,3,10-11,15H2,1-2H3. The number of esters is 1. The molecule has 2 N–H and O–H groups in total. The highest BCUT2D eigenvalue weighted by Crippen LogP contribution is 2.03. The van der Waals surface area contributed by atoms with Gasteiger partial charge in [-0.15, -0.1) is 0 Å². The van der Waals surface area contributed by atoms with Gasteiger partial charge in [-0.3, -0.25) is 4.90 Å². The zero-order valence-corrected chi connectivity index (χ0v) is 10.9. The van der Waals surface area contributed by atoms with Crippen molar-refractivity contribution in [3.63, 3.8) is 0 Å². The molecule has 0 saturated carbocycles. The van der Waals surface area contributed by atoms with E-state index in [0.29, 0.717) is 18.8 Å². The number of nitrogens with two attached hydrogens (primary N) is 1. The molecule has 1 aromatic carbocycles. The molecule has 0 spiro atoms. The van der Waals surface area contributed by atoms with Crippen LogP contribution in [0.3, 0.4) is 0 Å². The van der Waals surface area contributed by atoms with E-state index >= 15 is 0 Å². The Morgan fingerprint density at radius 2 is 2.06 bits per heavy atom. The second-order valence-electron chi connectivity index (χ2n) is 4.13. The number of nitrogens with zero attached hydrogens (tertiary/aromatic N) is 1. The Labute approximate surface area is 108 Å². The molecule has 4 nitrogen and oxygen atoms in total. The normalized spacial score (nSPS) is 11.6. The van der Waals surface area contributed by atoms with Crippen LogP contribution in [0.1, 0.15) is 12.5 Å². The van der Waals surface area contributed by atoms with E-state index in [2.05, 4.69) is 12.1 Å². The molecule has 0 atom stereocenters. The predicted octanol–water partition coefficient (Wildman–Crippen LogP) is 1.52. The van der Waals surface area contributed by atoms with Crippen LogP contribution in [-0.4, -0.2) is 31.1 Å². The molecule has 0 aliphatic heterocycles. The van der Waals surface area contributed by atoms with Crippen LogP contribution in [0.15, 0.2) is 42.1 Å². The first-order chi connectivity index (χ1) is 8.61. The van der Waals surface area contributed by atoms with Crippen molar-refractivity contribution in [1.29, 1.82) is 0 Å². The Hall–Kier alpha value is -1.81. The van der Waals surface area contributed by atoms with Crippen LogP contribution in [0.25, 0.3) is 0 Å². The summed E-state index contributed by atoms with van der Waals surface area (Å²) in [5.74, 6) is -0.386. The summed E-state index contributed by atoms with van der Waals surface area (Å²) in [4.78, 5) is 13.2. The Bertz CT molecular complexity index is 402. The summed E-state index contributed by atoms with van der Waals surface area (Å²) < 4.78 is 4.80. The van der Waals surface area contributed by atoms with Gasteiger partial charge in [0.2, 0.25) is 0 Å². The van der Waals surface area contributed by atoms with Crippen LogP contribution in [0.5, 0.6) is 0 Å². The average molecular weight is 248 g/mol. The van der Waals surface area contributed by atoms with Crippen molar-refractivity contribution in [2.45, 2.75) is 13.5 Å². The maximum Gasteiger partial charge on any atom is 0.332 e. The molecule has 1 aromatic rings. The number of carbonyl (C=O) groups excluding carboxylic acids is 1. The number of carbonyl (C=O) groups is 1. The van der Waals surface area contributed by atoms with E-state index in [4.69, 9.17) is 10.5 Å². The van der Waals surface area contributed by atoms with Gasteiger partial charge < -0.3 is 10.5 Å². The van der Waals surface area contributed by atoms with Gasteiger partial charge in [-0.05, 0) is 19.5 Å². The largest absolute Gasteiger partial charge is 0.463 e. The minimum absolute atomic E-state index is 0.364. The summed E-state index contributed by atoms with van der Waals surface area (Å²) in [6.07, 6.45) is 1.34. The first-order valence-corrected chi connectivity index (χ1v) is 5.97. The van der Waals surface area contributed by atoms with Crippen LogP contribution in [0.2, 0.25) is 0 Å². The fourth-order valence-electron chi connectivity index (χ4n) is 1.64. The molecule has 0 bridgehead atoms. The quantitative estimate of drug-likeness (QED) is 0.612. The molecule has 0 saturated heterocycles. The summed E-state index contributed by atoms with van der Waals surface area (Å²) in [6.45, 7) is 3.46.